The predicted molar refractivity (Wildman–Crippen MR) is 132 cm³/mol. The van der Waals surface area contributed by atoms with Gasteiger partial charge in [-0.05, 0) is 49.9 Å². The van der Waals surface area contributed by atoms with Gasteiger partial charge in [0, 0.05) is 31.5 Å². The molecule has 180 valence electrons. The van der Waals surface area contributed by atoms with Gasteiger partial charge in [0.25, 0.3) is 5.56 Å². The highest BCUT2D eigenvalue weighted by molar-refractivity contribution is 7.88. The summed E-state index contributed by atoms with van der Waals surface area (Å²) in [6.45, 7) is 3.91. The molecule has 1 heterocycles. The molecule has 9 heteroatoms. The van der Waals surface area contributed by atoms with E-state index in [2.05, 4.69) is 15.0 Å². The summed E-state index contributed by atoms with van der Waals surface area (Å²) in [5, 5.41) is 3.50. The molecule has 0 atom stereocenters. The van der Waals surface area contributed by atoms with Gasteiger partial charge in [-0.25, -0.2) is 18.1 Å². The maximum atomic E-state index is 12.9. The number of nitrogens with one attached hydrogen (secondary N) is 2. The normalized spacial score (nSPS) is 14.0. The van der Waals surface area contributed by atoms with Crippen molar-refractivity contribution in [3.05, 3.63) is 75.8 Å². The van der Waals surface area contributed by atoms with E-state index in [0.29, 0.717) is 35.3 Å². The molecule has 0 aliphatic heterocycles. The van der Waals surface area contributed by atoms with E-state index in [9.17, 15) is 18.0 Å². The molecular formula is C25H30N4O4S. The lowest BCUT2D eigenvalue weighted by Gasteiger charge is -2.13. The van der Waals surface area contributed by atoms with Gasteiger partial charge in [0.15, 0.2) is 0 Å². The standard InChI is InChI=1S/C25H30N4O4S/c1-17(2)28-34(32,33)16-19-9-7-18(8-10-19)15-26-24(30)14-13-23-27-22-6-4-3-5-21(22)25(31)29(23)20-11-12-20/h3-10,17,20,28H,11-16H2,1-2H3,(H,26,30). The van der Waals surface area contributed by atoms with Crippen LogP contribution in [0.1, 0.15) is 56.1 Å². The van der Waals surface area contributed by atoms with Gasteiger partial charge in [-0.2, -0.15) is 0 Å². The van der Waals surface area contributed by atoms with Gasteiger partial charge in [-0.15, -0.1) is 0 Å². The number of aryl methyl sites for hydroxylation is 1. The third-order valence-corrected chi connectivity index (χ3v) is 7.20. The summed E-state index contributed by atoms with van der Waals surface area (Å²) >= 11 is 0. The first-order chi connectivity index (χ1) is 16.2. The number of benzene rings is 2. The highest BCUT2D eigenvalue weighted by atomic mass is 32.2. The van der Waals surface area contributed by atoms with Crippen LogP contribution < -0.4 is 15.6 Å². The Labute approximate surface area is 199 Å². The number of hydrogen-bond acceptors (Lipinski definition) is 5. The van der Waals surface area contributed by atoms with Crippen molar-refractivity contribution in [2.45, 2.75) is 63.9 Å². The number of carbonyl (C=O) groups excluding carboxylic acids is 1. The van der Waals surface area contributed by atoms with Gasteiger partial charge in [-0.1, -0.05) is 36.4 Å². The highest BCUT2D eigenvalue weighted by Gasteiger charge is 2.28. The molecule has 0 unspecified atom stereocenters. The van der Waals surface area contributed by atoms with Gasteiger partial charge in [-0.3, -0.25) is 14.2 Å². The fourth-order valence-electron chi connectivity index (χ4n) is 3.97. The Morgan fingerprint density at radius 3 is 2.44 bits per heavy atom. The Kier molecular flexibility index (Phi) is 7.13. The topological polar surface area (TPSA) is 110 Å². The molecular weight excluding hydrogens is 452 g/mol. The first-order valence-corrected chi connectivity index (χ1v) is 13.2. The molecule has 3 aromatic rings. The number of para-hydroxylation sites is 1. The maximum absolute atomic E-state index is 12.9. The minimum atomic E-state index is -3.38. The van der Waals surface area contributed by atoms with Crippen LogP contribution in [0.3, 0.4) is 0 Å². The molecule has 2 N–H and O–H groups in total. The van der Waals surface area contributed by atoms with E-state index in [1.165, 1.54) is 0 Å². The molecule has 0 spiro atoms. The van der Waals surface area contributed by atoms with Crippen molar-refractivity contribution >= 4 is 26.8 Å². The monoisotopic (exact) mass is 482 g/mol. The molecule has 4 rings (SSSR count). The average Bonchev–Trinajstić information content (AvgIpc) is 3.61. The van der Waals surface area contributed by atoms with Crippen molar-refractivity contribution < 1.29 is 13.2 Å². The summed E-state index contributed by atoms with van der Waals surface area (Å²) in [4.78, 5) is 30.1. The Bertz CT molecular complexity index is 1340. The first kappa shape index (κ1) is 24.1. The lowest BCUT2D eigenvalue weighted by molar-refractivity contribution is -0.121. The van der Waals surface area contributed by atoms with Gasteiger partial charge in [0.05, 0.1) is 16.7 Å². The molecule has 8 nitrogen and oxygen atoms in total. The molecule has 1 fully saturated rings. The maximum Gasteiger partial charge on any atom is 0.261 e. The number of nitrogens with zero attached hydrogens (tertiary/aromatic N) is 2. The van der Waals surface area contributed by atoms with Crippen LogP contribution in [-0.2, 0) is 33.5 Å². The Hall–Kier alpha value is -3.04. The zero-order valence-corrected chi connectivity index (χ0v) is 20.3. The largest absolute Gasteiger partial charge is 0.352 e. The third-order valence-electron chi connectivity index (χ3n) is 5.65. The molecule has 2 aromatic carbocycles. The molecule has 1 saturated carbocycles. The van der Waals surface area contributed by atoms with Crippen LogP contribution in [0, 0.1) is 0 Å². The van der Waals surface area contributed by atoms with E-state index in [0.717, 1.165) is 18.4 Å². The van der Waals surface area contributed by atoms with Crippen LogP contribution in [0.5, 0.6) is 0 Å². The van der Waals surface area contributed by atoms with Crippen LogP contribution >= 0.6 is 0 Å². The molecule has 34 heavy (non-hydrogen) atoms. The second-order valence-electron chi connectivity index (χ2n) is 9.08. The molecule has 1 aliphatic rings. The van der Waals surface area contributed by atoms with Crippen LogP contribution in [-0.4, -0.2) is 29.9 Å². The van der Waals surface area contributed by atoms with E-state index in [1.54, 1.807) is 36.6 Å². The predicted octanol–water partition coefficient (Wildman–Crippen LogP) is 2.81. The zero-order chi connectivity index (χ0) is 24.3. The number of carbonyl (C=O) groups is 1. The Morgan fingerprint density at radius 1 is 1.09 bits per heavy atom. The third kappa shape index (κ3) is 6.09. The second-order valence-corrected chi connectivity index (χ2v) is 10.8. The number of amides is 1. The van der Waals surface area contributed by atoms with Crippen LogP contribution in [0.2, 0.25) is 0 Å². The van der Waals surface area contributed by atoms with E-state index >= 15 is 0 Å². The highest BCUT2D eigenvalue weighted by Crippen LogP contribution is 2.34. The van der Waals surface area contributed by atoms with Crippen LogP contribution in [0.4, 0.5) is 0 Å². The quantitative estimate of drug-likeness (QED) is 0.462. The van der Waals surface area contributed by atoms with Crippen molar-refractivity contribution in [1.29, 1.82) is 0 Å². The zero-order valence-electron chi connectivity index (χ0n) is 19.5. The molecule has 0 radical (unpaired) electrons. The summed E-state index contributed by atoms with van der Waals surface area (Å²) in [7, 11) is -3.38. The molecule has 0 bridgehead atoms. The Morgan fingerprint density at radius 2 is 1.76 bits per heavy atom. The smallest absolute Gasteiger partial charge is 0.261 e. The van der Waals surface area contributed by atoms with Crippen LogP contribution in [0.15, 0.2) is 53.3 Å². The van der Waals surface area contributed by atoms with Crippen molar-refractivity contribution in [2.75, 3.05) is 0 Å². The SMILES string of the molecule is CC(C)NS(=O)(=O)Cc1ccc(CNC(=O)CCc2nc3ccccc3c(=O)n2C2CC2)cc1. The van der Waals surface area contributed by atoms with E-state index < -0.39 is 10.0 Å². The number of rotatable bonds is 10. The van der Waals surface area contributed by atoms with Gasteiger partial charge < -0.3 is 5.32 Å². The van der Waals surface area contributed by atoms with E-state index in [4.69, 9.17) is 0 Å². The van der Waals surface area contributed by atoms with E-state index in [-0.39, 0.29) is 35.7 Å². The van der Waals surface area contributed by atoms with Gasteiger partial charge in [0.2, 0.25) is 15.9 Å². The summed E-state index contributed by atoms with van der Waals surface area (Å²) < 4.78 is 28.5. The fraction of sp³-hybridized carbons (Fsp3) is 0.400. The molecule has 1 amide bonds. The number of fused-ring (bicyclic) bond motifs is 1. The van der Waals surface area contributed by atoms with Crippen molar-refractivity contribution in [3.63, 3.8) is 0 Å². The summed E-state index contributed by atoms with van der Waals surface area (Å²) in [6, 6.07) is 14.5. The number of hydrogen-bond donors (Lipinski definition) is 2. The summed E-state index contributed by atoms with van der Waals surface area (Å²) in [6.07, 6.45) is 2.55. The number of aromatic nitrogens is 2. The van der Waals surface area contributed by atoms with Crippen LogP contribution in [0.25, 0.3) is 10.9 Å². The first-order valence-electron chi connectivity index (χ1n) is 11.6. The lowest BCUT2D eigenvalue weighted by atomic mass is 10.1. The average molecular weight is 483 g/mol. The summed E-state index contributed by atoms with van der Waals surface area (Å²) in [5.74, 6) is 0.443. The molecule has 0 saturated heterocycles. The molecule has 1 aliphatic carbocycles. The minimum Gasteiger partial charge on any atom is -0.352 e. The molecule has 1 aromatic heterocycles. The number of sulfonamides is 1. The Balaban J connectivity index is 1.34. The van der Waals surface area contributed by atoms with Crippen molar-refractivity contribution in [3.8, 4) is 0 Å². The van der Waals surface area contributed by atoms with E-state index in [1.807, 2.05) is 30.3 Å². The fourth-order valence-corrected chi connectivity index (χ4v) is 5.40. The lowest BCUT2D eigenvalue weighted by Crippen LogP contribution is -2.31. The van der Waals surface area contributed by atoms with Gasteiger partial charge in [0.1, 0.15) is 5.82 Å². The van der Waals surface area contributed by atoms with Gasteiger partial charge >= 0.3 is 0 Å². The van der Waals surface area contributed by atoms with Crippen molar-refractivity contribution in [2.24, 2.45) is 0 Å². The van der Waals surface area contributed by atoms with Crippen molar-refractivity contribution in [1.82, 2.24) is 19.6 Å². The summed E-state index contributed by atoms with van der Waals surface area (Å²) in [5.41, 5.74) is 2.19. The minimum absolute atomic E-state index is 0.0331. The second kappa shape index (κ2) is 10.1.